The van der Waals surface area contributed by atoms with Crippen LogP contribution in [0.2, 0.25) is 5.02 Å². The lowest BCUT2D eigenvalue weighted by molar-refractivity contribution is -0.140. The van der Waals surface area contributed by atoms with E-state index in [-0.39, 0.29) is 24.3 Å². The van der Waals surface area contributed by atoms with Gasteiger partial charge in [0.15, 0.2) is 0 Å². The smallest absolute Gasteiger partial charge is 0.242 e. The molecule has 0 saturated heterocycles. The van der Waals surface area contributed by atoms with Crippen molar-refractivity contribution in [3.8, 4) is 0 Å². The van der Waals surface area contributed by atoms with Gasteiger partial charge in [0, 0.05) is 17.6 Å². The summed E-state index contributed by atoms with van der Waals surface area (Å²) in [7, 11) is 0. The van der Waals surface area contributed by atoms with E-state index in [2.05, 4.69) is 5.32 Å². The summed E-state index contributed by atoms with van der Waals surface area (Å²) in [5.74, 6) is -0.125. The third-order valence-electron chi connectivity index (χ3n) is 5.99. The Morgan fingerprint density at radius 1 is 1.07 bits per heavy atom. The molecule has 4 nitrogen and oxygen atoms in total. The topological polar surface area (TPSA) is 49.4 Å². The third-order valence-corrected chi connectivity index (χ3v) is 6.24. The lowest BCUT2D eigenvalue weighted by atomic mass is 9.95. The molecule has 0 aromatic heterocycles. The van der Waals surface area contributed by atoms with Crippen molar-refractivity contribution in [2.75, 3.05) is 0 Å². The molecule has 2 aromatic rings. The first kappa shape index (κ1) is 22.4. The van der Waals surface area contributed by atoms with E-state index in [0.29, 0.717) is 11.6 Å². The van der Waals surface area contributed by atoms with Crippen molar-refractivity contribution < 1.29 is 9.59 Å². The summed E-state index contributed by atoms with van der Waals surface area (Å²) < 4.78 is 0. The summed E-state index contributed by atoms with van der Waals surface area (Å²) in [6, 6.07) is 15.0. The zero-order valence-corrected chi connectivity index (χ0v) is 18.6. The average molecular weight is 427 g/mol. The van der Waals surface area contributed by atoms with Crippen molar-refractivity contribution in [3.63, 3.8) is 0 Å². The first-order valence-corrected chi connectivity index (χ1v) is 11.2. The molecule has 0 unspecified atom stereocenters. The molecule has 0 bridgehead atoms. The molecule has 1 N–H and O–H groups in total. The van der Waals surface area contributed by atoms with Crippen molar-refractivity contribution in [2.45, 2.75) is 71.0 Å². The monoisotopic (exact) mass is 426 g/mol. The number of hydrogen-bond donors (Lipinski definition) is 1. The Balaban J connectivity index is 1.76. The highest BCUT2D eigenvalue weighted by atomic mass is 35.5. The van der Waals surface area contributed by atoms with Crippen LogP contribution in [0.25, 0.3) is 0 Å². The van der Waals surface area contributed by atoms with Crippen LogP contribution in [0.1, 0.15) is 55.7 Å². The number of benzene rings is 2. The predicted octanol–water partition coefficient (Wildman–Crippen LogP) is 5.06. The van der Waals surface area contributed by atoms with Crippen LogP contribution in [0.4, 0.5) is 0 Å². The third kappa shape index (κ3) is 6.09. The van der Waals surface area contributed by atoms with E-state index < -0.39 is 6.04 Å². The lowest BCUT2D eigenvalue weighted by Gasteiger charge is -2.31. The number of halogens is 1. The first-order chi connectivity index (χ1) is 14.4. The second-order valence-electron chi connectivity index (χ2n) is 8.27. The van der Waals surface area contributed by atoms with Crippen molar-refractivity contribution >= 4 is 23.4 Å². The molecule has 2 amide bonds. The Labute approximate surface area is 184 Å². The fourth-order valence-corrected chi connectivity index (χ4v) is 4.14. The summed E-state index contributed by atoms with van der Waals surface area (Å²) in [5, 5.41) is 3.82. The fraction of sp³-hybridized carbons (Fsp3) is 0.440. The molecular weight excluding hydrogens is 396 g/mol. The van der Waals surface area contributed by atoms with Crippen molar-refractivity contribution in [1.82, 2.24) is 10.2 Å². The van der Waals surface area contributed by atoms with Crippen LogP contribution in [0, 0.1) is 6.92 Å². The van der Waals surface area contributed by atoms with Gasteiger partial charge in [0.1, 0.15) is 6.04 Å². The van der Waals surface area contributed by atoms with E-state index in [1.807, 2.05) is 62.4 Å². The summed E-state index contributed by atoms with van der Waals surface area (Å²) in [6.07, 6.45) is 5.86. The van der Waals surface area contributed by atoms with Gasteiger partial charge in [-0.05, 0) is 55.5 Å². The Morgan fingerprint density at radius 2 is 1.73 bits per heavy atom. The van der Waals surface area contributed by atoms with Crippen LogP contribution in [0.3, 0.4) is 0 Å². The summed E-state index contributed by atoms with van der Waals surface area (Å²) >= 11 is 6.01. The number of nitrogens with zero attached hydrogens (tertiary/aromatic N) is 1. The number of amides is 2. The van der Waals surface area contributed by atoms with E-state index in [1.54, 1.807) is 4.90 Å². The van der Waals surface area contributed by atoms with Crippen LogP contribution >= 0.6 is 11.6 Å². The molecule has 160 valence electrons. The SMILES string of the molecule is Cc1ccccc1CC(=O)N(Cc1ccc(Cl)cc1)[C@@H](C)C(=O)NC1CCCCC1. The van der Waals surface area contributed by atoms with Crippen LogP contribution in [-0.4, -0.2) is 28.8 Å². The van der Waals surface area contributed by atoms with E-state index in [0.717, 1.165) is 42.4 Å². The molecule has 3 rings (SSSR count). The van der Waals surface area contributed by atoms with Crippen LogP contribution < -0.4 is 5.32 Å². The zero-order valence-electron chi connectivity index (χ0n) is 17.9. The van der Waals surface area contributed by atoms with E-state index >= 15 is 0 Å². The standard InChI is InChI=1S/C25H31ClN2O2/c1-18-8-6-7-9-21(18)16-24(29)28(17-20-12-14-22(26)15-13-20)19(2)25(30)27-23-10-4-3-5-11-23/h6-9,12-15,19,23H,3-5,10-11,16-17H2,1-2H3,(H,27,30)/t19-/m0/s1. The largest absolute Gasteiger partial charge is 0.352 e. The molecule has 0 radical (unpaired) electrons. The Morgan fingerprint density at radius 3 is 2.40 bits per heavy atom. The first-order valence-electron chi connectivity index (χ1n) is 10.8. The minimum absolute atomic E-state index is 0.0504. The molecular formula is C25H31ClN2O2. The van der Waals surface area contributed by atoms with Crippen molar-refractivity contribution in [2.24, 2.45) is 0 Å². The molecule has 0 aliphatic heterocycles. The van der Waals surface area contributed by atoms with E-state index in [9.17, 15) is 9.59 Å². The Bertz CT molecular complexity index is 860. The van der Waals surface area contributed by atoms with Crippen LogP contribution in [-0.2, 0) is 22.6 Å². The highest BCUT2D eigenvalue weighted by Gasteiger charge is 2.28. The molecule has 0 heterocycles. The normalized spacial score (nSPS) is 15.4. The molecule has 30 heavy (non-hydrogen) atoms. The lowest BCUT2D eigenvalue weighted by Crippen LogP contribution is -2.50. The number of carbonyl (C=O) groups excluding carboxylic acids is 2. The van der Waals surface area contributed by atoms with Gasteiger partial charge in [0.25, 0.3) is 0 Å². The van der Waals surface area contributed by atoms with Crippen molar-refractivity contribution in [1.29, 1.82) is 0 Å². The summed E-state index contributed by atoms with van der Waals surface area (Å²) in [6.45, 7) is 4.20. The number of nitrogens with one attached hydrogen (secondary N) is 1. The van der Waals surface area contributed by atoms with Gasteiger partial charge in [-0.3, -0.25) is 9.59 Å². The van der Waals surface area contributed by atoms with E-state index in [1.165, 1.54) is 6.42 Å². The van der Waals surface area contributed by atoms with E-state index in [4.69, 9.17) is 11.6 Å². The highest BCUT2D eigenvalue weighted by Crippen LogP contribution is 2.19. The van der Waals surface area contributed by atoms with Gasteiger partial charge in [-0.25, -0.2) is 0 Å². The molecule has 1 saturated carbocycles. The summed E-state index contributed by atoms with van der Waals surface area (Å²) in [4.78, 5) is 28.0. The number of aryl methyl sites for hydroxylation is 1. The fourth-order valence-electron chi connectivity index (χ4n) is 4.01. The summed E-state index contributed by atoms with van der Waals surface area (Å²) in [5.41, 5.74) is 3.02. The number of rotatable bonds is 7. The quantitative estimate of drug-likeness (QED) is 0.672. The molecule has 1 fully saturated rings. The average Bonchev–Trinajstić information content (AvgIpc) is 2.75. The molecule has 1 atom stereocenters. The molecule has 5 heteroatoms. The minimum Gasteiger partial charge on any atom is -0.352 e. The van der Waals surface area contributed by atoms with Crippen molar-refractivity contribution in [3.05, 3.63) is 70.2 Å². The molecule has 1 aliphatic rings. The van der Waals surface area contributed by atoms with Gasteiger partial charge in [-0.1, -0.05) is 67.3 Å². The molecule has 0 spiro atoms. The molecule has 2 aromatic carbocycles. The predicted molar refractivity (Wildman–Crippen MR) is 121 cm³/mol. The zero-order chi connectivity index (χ0) is 21.5. The molecule has 1 aliphatic carbocycles. The Kier molecular flexibility index (Phi) is 7.92. The minimum atomic E-state index is -0.542. The highest BCUT2D eigenvalue weighted by molar-refractivity contribution is 6.30. The maximum Gasteiger partial charge on any atom is 0.242 e. The van der Waals surface area contributed by atoms with Crippen LogP contribution in [0.15, 0.2) is 48.5 Å². The maximum atomic E-state index is 13.3. The Hall–Kier alpha value is -2.33. The maximum absolute atomic E-state index is 13.3. The van der Waals surface area contributed by atoms with Gasteiger partial charge in [-0.15, -0.1) is 0 Å². The van der Waals surface area contributed by atoms with Gasteiger partial charge in [-0.2, -0.15) is 0 Å². The number of hydrogen-bond acceptors (Lipinski definition) is 2. The van der Waals surface area contributed by atoms with Crippen LogP contribution in [0.5, 0.6) is 0 Å². The van der Waals surface area contributed by atoms with Gasteiger partial charge >= 0.3 is 0 Å². The second kappa shape index (κ2) is 10.6. The number of carbonyl (C=O) groups is 2. The van der Waals surface area contributed by atoms with Gasteiger partial charge in [0.2, 0.25) is 11.8 Å². The van der Waals surface area contributed by atoms with Gasteiger partial charge < -0.3 is 10.2 Å². The van der Waals surface area contributed by atoms with Gasteiger partial charge in [0.05, 0.1) is 6.42 Å². The second-order valence-corrected chi connectivity index (χ2v) is 8.71.